The molecule has 0 radical (unpaired) electrons. The summed E-state index contributed by atoms with van der Waals surface area (Å²) >= 11 is 1.81. The number of likely N-dealkylation sites (tertiary alicyclic amines) is 1. The zero-order chi connectivity index (χ0) is 17.8. The minimum absolute atomic E-state index is 0.0824. The lowest BCUT2D eigenvalue weighted by atomic mass is 10.1. The van der Waals surface area contributed by atoms with Gasteiger partial charge in [0.1, 0.15) is 5.78 Å². The molecule has 3 saturated heterocycles. The summed E-state index contributed by atoms with van der Waals surface area (Å²) < 4.78 is 19.9. The van der Waals surface area contributed by atoms with Gasteiger partial charge in [-0.15, -0.1) is 11.3 Å². The molecule has 0 saturated carbocycles. The van der Waals surface area contributed by atoms with Gasteiger partial charge in [0, 0.05) is 31.1 Å². The van der Waals surface area contributed by atoms with E-state index in [4.69, 9.17) is 0 Å². The van der Waals surface area contributed by atoms with Crippen LogP contribution in [0.1, 0.15) is 68.4 Å². The Morgan fingerprint density at radius 2 is 1.27 bits per heavy atom. The fourth-order valence-corrected chi connectivity index (χ4v) is 10.1. The molecular formula is C20H34N3OPS. The van der Waals surface area contributed by atoms with Crippen molar-refractivity contribution in [1.82, 2.24) is 14.2 Å². The fraction of sp³-hybridized carbons (Fsp3) is 0.800. The highest BCUT2D eigenvalue weighted by molar-refractivity contribution is 7.59. The van der Waals surface area contributed by atoms with E-state index < -0.39 is 7.44 Å². The van der Waals surface area contributed by atoms with Gasteiger partial charge in [-0.05, 0) is 63.1 Å². The van der Waals surface area contributed by atoms with Crippen LogP contribution in [-0.2, 0) is 4.57 Å². The average Bonchev–Trinajstić information content (AvgIpc) is 3.24. The third-order valence-corrected chi connectivity index (χ3v) is 11.1. The number of rotatable bonds is 5. The summed E-state index contributed by atoms with van der Waals surface area (Å²) in [4.78, 5) is 3.91. The molecule has 1 atom stereocenters. The molecule has 4 heterocycles. The van der Waals surface area contributed by atoms with Gasteiger partial charge < -0.3 is 0 Å². The monoisotopic (exact) mass is 395 g/mol. The molecule has 0 aliphatic carbocycles. The van der Waals surface area contributed by atoms with Crippen molar-refractivity contribution in [3.05, 3.63) is 22.4 Å². The Hall–Kier alpha value is -0.190. The van der Waals surface area contributed by atoms with Crippen molar-refractivity contribution in [3.63, 3.8) is 0 Å². The molecule has 0 spiro atoms. The van der Waals surface area contributed by atoms with Crippen LogP contribution in [0.15, 0.2) is 17.5 Å². The molecule has 3 aliphatic rings. The Morgan fingerprint density at radius 3 is 1.73 bits per heavy atom. The second-order valence-electron chi connectivity index (χ2n) is 8.10. The summed E-state index contributed by atoms with van der Waals surface area (Å²) in [6.07, 6.45) is 11.2. The van der Waals surface area contributed by atoms with Crippen LogP contribution in [0.4, 0.5) is 0 Å². The normalized spacial score (nSPS) is 26.0. The third kappa shape index (κ3) is 3.84. The maximum absolute atomic E-state index is 15.0. The van der Waals surface area contributed by atoms with Crippen LogP contribution in [0.5, 0.6) is 0 Å². The van der Waals surface area contributed by atoms with Crippen molar-refractivity contribution in [3.8, 4) is 0 Å². The van der Waals surface area contributed by atoms with E-state index in [0.717, 1.165) is 39.3 Å². The predicted molar refractivity (Wildman–Crippen MR) is 111 cm³/mol. The van der Waals surface area contributed by atoms with Crippen molar-refractivity contribution in [1.29, 1.82) is 0 Å². The van der Waals surface area contributed by atoms with Gasteiger partial charge in [0.2, 0.25) is 7.44 Å². The maximum Gasteiger partial charge on any atom is 0.238 e. The molecule has 0 N–H and O–H groups in total. The highest BCUT2D eigenvalue weighted by Gasteiger charge is 2.48. The van der Waals surface area contributed by atoms with Crippen molar-refractivity contribution < 1.29 is 4.57 Å². The molecule has 146 valence electrons. The van der Waals surface area contributed by atoms with E-state index in [1.165, 1.54) is 62.7 Å². The number of hydrogen-bond donors (Lipinski definition) is 0. The van der Waals surface area contributed by atoms with Crippen molar-refractivity contribution >= 4 is 18.8 Å². The Labute approximate surface area is 163 Å². The number of piperidine rings is 3. The van der Waals surface area contributed by atoms with Crippen LogP contribution in [0.25, 0.3) is 0 Å². The standard InChI is InChI=1S/C20H34N3OPS/c24-25(22-14-6-2-7-15-22,23-16-8-3-9-17-23)20(19-11-10-18-26-19)21-12-4-1-5-13-21/h10-11,18,20H,1-9,12-17H2. The summed E-state index contributed by atoms with van der Waals surface area (Å²) in [5.74, 6) is 0.0824. The maximum atomic E-state index is 15.0. The summed E-state index contributed by atoms with van der Waals surface area (Å²) in [6, 6.07) is 4.39. The quantitative estimate of drug-likeness (QED) is 0.624. The van der Waals surface area contributed by atoms with E-state index in [9.17, 15) is 0 Å². The zero-order valence-electron chi connectivity index (χ0n) is 16.0. The van der Waals surface area contributed by atoms with Gasteiger partial charge in [-0.2, -0.15) is 0 Å². The molecular weight excluding hydrogens is 361 g/mol. The first-order chi connectivity index (χ1) is 12.8. The van der Waals surface area contributed by atoms with Crippen molar-refractivity contribution in [2.24, 2.45) is 0 Å². The molecule has 0 aromatic carbocycles. The molecule has 26 heavy (non-hydrogen) atoms. The summed E-state index contributed by atoms with van der Waals surface area (Å²) in [7, 11) is -2.63. The van der Waals surface area contributed by atoms with Gasteiger partial charge in [0.05, 0.1) is 0 Å². The highest BCUT2D eigenvalue weighted by Crippen LogP contribution is 2.67. The molecule has 3 aliphatic heterocycles. The van der Waals surface area contributed by atoms with Crippen LogP contribution >= 0.6 is 18.8 Å². The largest absolute Gasteiger partial charge is 0.287 e. The highest BCUT2D eigenvalue weighted by atomic mass is 32.1. The Bertz CT molecular complexity index is 568. The predicted octanol–water partition coefficient (Wildman–Crippen LogP) is 5.40. The average molecular weight is 396 g/mol. The van der Waals surface area contributed by atoms with Gasteiger partial charge >= 0.3 is 0 Å². The molecule has 4 rings (SSSR count). The first-order valence-electron chi connectivity index (χ1n) is 10.7. The minimum atomic E-state index is -2.63. The molecule has 1 aromatic rings. The smallest absolute Gasteiger partial charge is 0.238 e. The molecule has 4 nitrogen and oxygen atoms in total. The van der Waals surface area contributed by atoms with Gasteiger partial charge in [0.25, 0.3) is 0 Å². The van der Waals surface area contributed by atoms with E-state index >= 15 is 4.57 Å². The van der Waals surface area contributed by atoms with Crippen LogP contribution in [0, 0.1) is 0 Å². The van der Waals surface area contributed by atoms with E-state index in [1.54, 1.807) is 0 Å². The van der Waals surface area contributed by atoms with Gasteiger partial charge in [-0.3, -0.25) is 9.46 Å². The summed E-state index contributed by atoms with van der Waals surface area (Å²) in [6.45, 7) is 6.28. The van der Waals surface area contributed by atoms with Crippen molar-refractivity contribution in [2.75, 3.05) is 39.3 Å². The number of hydrogen-bond acceptors (Lipinski definition) is 3. The van der Waals surface area contributed by atoms with Gasteiger partial charge in [-0.1, -0.05) is 25.3 Å². The van der Waals surface area contributed by atoms with Crippen molar-refractivity contribution in [2.45, 2.75) is 63.6 Å². The topological polar surface area (TPSA) is 26.8 Å². The molecule has 3 fully saturated rings. The molecule has 6 heteroatoms. The van der Waals surface area contributed by atoms with E-state index in [2.05, 4.69) is 31.8 Å². The van der Waals surface area contributed by atoms with Crippen LogP contribution < -0.4 is 0 Å². The number of nitrogens with zero attached hydrogens (tertiary/aromatic N) is 3. The fourth-order valence-electron chi connectivity index (χ4n) is 4.98. The van der Waals surface area contributed by atoms with Gasteiger partial charge in [0.15, 0.2) is 0 Å². The van der Waals surface area contributed by atoms with Crippen LogP contribution in [0.2, 0.25) is 0 Å². The summed E-state index contributed by atoms with van der Waals surface area (Å²) in [5.41, 5.74) is 0. The molecule has 1 unspecified atom stereocenters. The lowest BCUT2D eigenvalue weighted by Gasteiger charge is -2.49. The lowest BCUT2D eigenvalue weighted by molar-refractivity contribution is 0.180. The molecule has 0 amide bonds. The van der Waals surface area contributed by atoms with Crippen LogP contribution in [-0.4, -0.2) is 53.5 Å². The Kier molecular flexibility index (Phi) is 6.53. The van der Waals surface area contributed by atoms with E-state index in [1.807, 2.05) is 11.3 Å². The molecule has 1 aromatic heterocycles. The zero-order valence-corrected chi connectivity index (χ0v) is 17.7. The third-order valence-electron chi connectivity index (χ3n) is 6.33. The lowest BCUT2D eigenvalue weighted by Crippen LogP contribution is -2.44. The van der Waals surface area contributed by atoms with E-state index in [0.29, 0.717) is 0 Å². The Balaban J connectivity index is 1.73. The second kappa shape index (κ2) is 8.87. The number of thiophene rings is 1. The first-order valence-corrected chi connectivity index (χ1v) is 13.2. The molecule has 0 bridgehead atoms. The van der Waals surface area contributed by atoms with Crippen LogP contribution in [0.3, 0.4) is 0 Å². The minimum Gasteiger partial charge on any atom is -0.287 e. The second-order valence-corrected chi connectivity index (χ2v) is 11.9. The van der Waals surface area contributed by atoms with Gasteiger partial charge in [-0.25, -0.2) is 9.34 Å². The summed E-state index contributed by atoms with van der Waals surface area (Å²) in [5, 5.41) is 2.17. The SMILES string of the molecule is O=P(C(c1cccs1)N1CCCCC1)(N1CCCCC1)N1CCCCC1. The first kappa shape index (κ1) is 19.1. The Morgan fingerprint density at radius 1 is 0.769 bits per heavy atom. The van der Waals surface area contributed by atoms with E-state index in [-0.39, 0.29) is 5.78 Å².